The molecule has 1 heterocycles. The van der Waals surface area contributed by atoms with Crippen molar-refractivity contribution < 1.29 is 4.42 Å². The molecule has 3 aliphatic rings. The Kier molecular flexibility index (Phi) is 7.41. The largest absolute Gasteiger partial charge is 0.456 e. The molecule has 0 amide bonds. The van der Waals surface area contributed by atoms with Gasteiger partial charge in [0, 0.05) is 33.8 Å². The van der Waals surface area contributed by atoms with Crippen LogP contribution in [0.4, 0.5) is 17.1 Å². The van der Waals surface area contributed by atoms with Gasteiger partial charge in [-0.1, -0.05) is 182 Å². The highest BCUT2D eigenvalue weighted by Gasteiger charge is 2.53. The van der Waals surface area contributed by atoms with Crippen LogP contribution in [0.25, 0.3) is 66.4 Å². The molecule has 1 aromatic heterocycles. The Hall–Kier alpha value is -8.20. The lowest BCUT2D eigenvalue weighted by molar-refractivity contribution is 0.668. The number of rotatable bonds is 5. The van der Waals surface area contributed by atoms with E-state index in [0.29, 0.717) is 0 Å². The molecule has 3 aliphatic carbocycles. The molecule has 2 nitrogen and oxygen atoms in total. The zero-order valence-corrected chi connectivity index (χ0v) is 34.9. The fourth-order valence-corrected chi connectivity index (χ4v) is 11.8. The first-order valence-corrected chi connectivity index (χ1v) is 22.3. The molecule has 1 unspecified atom stereocenters. The highest BCUT2D eigenvalue weighted by molar-refractivity contribution is 6.13. The summed E-state index contributed by atoms with van der Waals surface area (Å²) in [7, 11) is 0. The van der Waals surface area contributed by atoms with Crippen molar-refractivity contribution in [2.45, 2.75) is 11.3 Å². The molecule has 0 saturated carbocycles. The third-order valence-electron chi connectivity index (χ3n) is 14.4. The summed E-state index contributed by atoms with van der Waals surface area (Å²) < 4.78 is 6.66. The van der Waals surface area contributed by atoms with Crippen molar-refractivity contribution in [1.82, 2.24) is 0 Å². The minimum atomic E-state index is -0.581. The van der Waals surface area contributed by atoms with E-state index in [-0.39, 0.29) is 5.92 Å². The Bertz CT molecular complexity index is 3630. The third kappa shape index (κ3) is 4.80. The van der Waals surface area contributed by atoms with Crippen molar-refractivity contribution in [1.29, 1.82) is 0 Å². The van der Waals surface area contributed by atoms with Gasteiger partial charge in [-0.25, -0.2) is 0 Å². The minimum absolute atomic E-state index is 0.178. The molecular formula is C62H39NO. The third-order valence-corrected chi connectivity index (χ3v) is 14.4. The van der Waals surface area contributed by atoms with Gasteiger partial charge in [-0.3, -0.25) is 0 Å². The van der Waals surface area contributed by atoms with Crippen LogP contribution in [-0.4, -0.2) is 0 Å². The van der Waals surface area contributed by atoms with Crippen LogP contribution in [0.1, 0.15) is 44.9 Å². The lowest BCUT2D eigenvalue weighted by Gasteiger charge is -2.32. The first-order valence-electron chi connectivity index (χ1n) is 22.3. The SMILES string of the molecule is c1ccc(-c2ccc(N(c3ccc4c(c3)-c3ccccc3C4c3ccccc3)c3ccc4c(c3)C3(c5ccccc5-c5ccccc53)c3c-4ccc4oc5ccccc5c34)cc2)cc1. The van der Waals surface area contributed by atoms with E-state index in [1.54, 1.807) is 0 Å². The van der Waals surface area contributed by atoms with Gasteiger partial charge in [-0.15, -0.1) is 0 Å². The average molecular weight is 814 g/mol. The summed E-state index contributed by atoms with van der Waals surface area (Å²) in [4.78, 5) is 2.47. The van der Waals surface area contributed by atoms with Gasteiger partial charge in [0.15, 0.2) is 0 Å². The fraction of sp³-hybridized carbons (Fsp3) is 0.0323. The molecule has 0 fully saturated rings. The Morgan fingerprint density at radius 3 is 1.70 bits per heavy atom. The Labute approximate surface area is 372 Å². The van der Waals surface area contributed by atoms with Gasteiger partial charge in [0.05, 0.1) is 5.41 Å². The lowest BCUT2D eigenvalue weighted by atomic mass is 9.69. The van der Waals surface area contributed by atoms with E-state index in [4.69, 9.17) is 4.42 Å². The molecule has 2 heteroatoms. The van der Waals surface area contributed by atoms with Gasteiger partial charge in [0.1, 0.15) is 11.2 Å². The lowest BCUT2D eigenvalue weighted by Crippen LogP contribution is -2.26. The van der Waals surface area contributed by atoms with Gasteiger partial charge in [-0.2, -0.15) is 0 Å². The maximum absolute atomic E-state index is 6.66. The number of fused-ring (bicyclic) bond motifs is 17. The summed E-state index contributed by atoms with van der Waals surface area (Å²) in [6, 6.07) is 85.2. The molecule has 0 aliphatic heterocycles. The molecule has 0 N–H and O–H groups in total. The van der Waals surface area contributed by atoms with Crippen LogP contribution in [0.15, 0.2) is 235 Å². The van der Waals surface area contributed by atoms with Gasteiger partial charge in [0.2, 0.25) is 0 Å². The van der Waals surface area contributed by atoms with Crippen LogP contribution in [-0.2, 0) is 5.41 Å². The van der Waals surface area contributed by atoms with Gasteiger partial charge < -0.3 is 9.32 Å². The van der Waals surface area contributed by atoms with Crippen LogP contribution < -0.4 is 4.90 Å². The second-order valence-electron chi connectivity index (χ2n) is 17.5. The Morgan fingerprint density at radius 2 is 0.922 bits per heavy atom. The van der Waals surface area contributed by atoms with Crippen LogP contribution in [0.2, 0.25) is 0 Å². The fourth-order valence-electron chi connectivity index (χ4n) is 11.8. The maximum atomic E-state index is 6.66. The summed E-state index contributed by atoms with van der Waals surface area (Å²) in [5.74, 6) is 0.178. The highest BCUT2D eigenvalue weighted by atomic mass is 16.3. The predicted molar refractivity (Wildman–Crippen MR) is 263 cm³/mol. The molecule has 298 valence electrons. The number of para-hydroxylation sites is 1. The number of anilines is 3. The van der Waals surface area contributed by atoms with Crippen molar-refractivity contribution in [3.63, 3.8) is 0 Å². The van der Waals surface area contributed by atoms with Crippen molar-refractivity contribution in [3.05, 3.63) is 269 Å². The van der Waals surface area contributed by atoms with Crippen LogP contribution in [0.3, 0.4) is 0 Å². The van der Waals surface area contributed by atoms with E-state index in [2.05, 4.69) is 235 Å². The molecule has 64 heavy (non-hydrogen) atoms. The minimum Gasteiger partial charge on any atom is -0.456 e. The average Bonchev–Trinajstić information content (AvgIpc) is 4.08. The van der Waals surface area contributed by atoms with E-state index >= 15 is 0 Å². The van der Waals surface area contributed by atoms with Gasteiger partial charge in [0.25, 0.3) is 0 Å². The van der Waals surface area contributed by atoms with E-state index in [0.717, 1.165) is 33.6 Å². The van der Waals surface area contributed by atoms with Crippen LogP contribution >= 0.6 is 0 Å². The van der Waals surface area contributed by atoms with Crippen LogP contribution in [0.5, 0.6) is 0 Å². The first kappa shape index (κ1) is 35.4. The van der Waals surface area contributed by atoms with Crippen LogP contribution in [0, 0.1) is 0 Å². The number of furan rings is 1. The van der Waals surface area contributed by atoms with E-state index in [9.17, 15) is 0 Å². The second kappa shape index (κ2) is 13.4. The second-order valence-corrected chi connectivity index (χ2v) is 17.5. The first-order chi connectivity index (χ1) is 31.8. The van der Waals surface area contributed by atoms with Gasteiger partial charge in [-0.05, 0) is 132 Å². The molecule has 14 rings (SSSR count). The summed E-state index contributed by atoms with van der Waals surface area (Å²) in [5, 5.41) is 2.34. The van der Waals surface area contributed by atoms with Gasteiger partial charge >= 0.3 is 0 Å². The summed E-state index contributed by atoms with van der Waals surface area (Å²) in [6.45, 7) is 0. The molecule has 1 spiro atoms. The summed E-state index contributed by atoms with van der Waals surface area (Å²) in [5.41, 5.74) is 23.9. The van der Waals surface area contributed by atoms with E-state index in [1.807, 2.05) is 0 Å². The monoisotopic (exact) mass is 813 g/mol. The number of benzene rings is 10. The summed E-state index contributed by atoms with van der Waals surface area (Å²) in [6.07, 6.45) is 0. The zero-order chi connectivity index (χ0) is 41.9. The normalized spacial score (nSPS) is 14.5. The van der Waals surface area contributed by atoms with Crippen molar-refractivity contribution in [2.24, 2.45) is 0 Å². The molecule has 1 atom stereocenters. The molecule has 0 bridgehead atoms. The quantitative estimate of drug-likeness (QED) is 0.172. The summed E-state index contributed by atoms with van der Waals surface area (Å²) >= 11 is 0. The molecule has 10 aromatic carbocycles. The van der Waals surface area contributed by atoms with E-state index < -0.39 is 5.41 Å². The molecule has 0 saturated heterocycles. The van der Waals surface area contributed by atoms with Crippen molar-refractivity contribution in [3.8, 4) is 44.5 Å². The Morgan fingerprint density at radius 1 is 0.359 bits per heavy atom. The van der Waals surface area contributed by atoms with Crippen molar-refractivity contribution in [2.75, 3.05) is 4.90 Å². The standard InChI is InChI=1S/C62H39NO/c1-3-15-39(16-4-1)40-27-29-42(30-28-40)63(43-32-34-50-53(37-43)45-19-7-8-22-49(45)59(50)41-17-5-2-6-18-41)44-31-33-48-51-35-36-58-60(52-23-11-14-26-57(52)64-58)61(51)62(56(48)38-44)54-24-12-9-20-46(54)47-21-10-13-25-55(47)62/h1-38,59H. The predicted octanol–water partition coefficient (Wildman–Crippen LogP) is 16.2. The number of hydrogen-bond acceptors (Lipinski definition) is 2. The Balaban J connectivity index is 1.03. The zero-order valence-electron chi connectivity index (χ0n) is 34.9. The topological polar surface area (TPSA) is 16.4 Å². The number of hydrogen-bond donors (Lipinski definition) is 0. The van der Waals surface area contributed by atoms with Crippen molar-refractivity contribution >= 4 is 39.0 Å². The smallest absolute Gasteiger partial charge is 0.135 e. The molecule has 11 aromatic rings. The van der Waals surface area contributed by atoms with E-state index in [1.165, 1.54) is 88.8 Å². The highest BCUT2D eigenvalue weighted by Crippen LogP contribution is 2.65. The molecule has 0 radical (unpaired) electrons. The number of nitrogens with zero attached hydrogens (tertiary/aromatic N) is 1. The maximum Gasteiger partial charge on any atom is 0.135 e. The molecular weight excluding hydrogens is 775 g/mol.